The molecule has 158 valence electrons. The fourth-order valence-corrected chi connectivity index (χ4v) is 2.94. The maximum absolute atomic E-state index is 13.2. The Kier molecular flexibility index (Phi) is 7.02. The second-order valence-electron chi connectivity index (χ2n) is 7.72. The van der Waals surface area contributed by atoms with Gasteiger partial charge in [0, 0.05) is 22.3 Å². The van der Waals surface area contributed by atoms with Crippen molar-refractivity contribution in [2.75, 3.05) is 7.11 Å². The number of amides is 2. The van der Waals surface area contributed by atoms with Crippen LogP contribution in [0.2, 0.25) is 0 Å². The van der Waals surface area contributed by atoms with E-state index in [1.165, 1.54) is 30.3 Å². The van der Waals surface area contributed by atoms with Crippen molar-refractivity contribution >= 4 is 30.7 Å². The normalized spacial score (nSPS) is 10.9. The molecule has 0 bridgehead atoms. The van der Waals surface area contributed by atoms with Gasteiger partial charge in [0.1, 0.15) is 12.0 Å². The topological polar surface area (TPSA) is 116 Å². The number of aldehydes is 1. The van der Waals surface area contributed by atoms with Crippen molar-refractivity contribution < 1.29 is 29.2 Å². The Morgan fingerprint density at radius 1 is 1.17 bits per heavy atom. The minimum absolute atomic E-state index is 0.0140. The van der Waals surface area contributed by atoms with Gasteiger partial charge in [0.05, 0.1) is 12.6 Å². The molecule has 0 heterocycles. The number of benzene rings is 2. The molecule has 0 saturated carbocycles. The van der Waals surface area contributed by atoms with Crippen LogP contribution in [0.3, 0.4) is 0 Å². The lowest BCUT2D eigenvalue weighted by Crippen LogP contribution is -2.56. The third kappa shape index (κ3) is 4.87. The molecule has 0 aromatic heterocycles. The van der Waals surface area contributed by atoms with Crippen molar-refractivity contribution in [3.63, 3.8) is 0 Å². The van der Waals surface area contributed by atoms with Crippen molar-refractivity contribution in [3.05, 3.63) is 58.7 Å². The fourth-order valence-electron chi connectivity index (χ4n) is 2.94. The number of hydrogen-bond donors (Lipinski definition) is 3. The van der Waals surface area contributed by atoms with E-state index in [4.69, 9.17) is 4.74 Å². The second-order valence-corrected chi connectivity index (χ2v) is 7.72. The highest BCUT2D eigenvalue weighted by Crippen LogP contribution is 2.22. The number of carbonyl (C=O) groups is 3. The van der Waals surface area contributed by atoms with Crippen LogP contribution in [-0.2, 0) is 0 Å². The van der Waals surface area contributed by atoms with Gasteiger partial charge in [-0.25, -0.2) is 5.01 Å². The van der Waals surface area contributed by atoms with Gasteiger partial charge in [0.15, 0.2) is 0 Å². The van der Waals surface area contributed by atoms with E-state index in [0.717, 1.165) is 0 Å². The maximum Gasteiger partial charge on any atom is 0.489 e. The van der Waals surface area contributed by atoms with Crippen LogP contribution in [0, 0.1) is 6.92 Å². The van der Waals surface area contributed by atoms with Gasteiger partial charge in [0.2, 0.25) is 0 Å². The maximum atomic E-state index is 13.2. The van der Waals surface area contributed by atoms with Crippen LogP contribution in [0.15, 0.2) is 36.4 Å². The van der Waals surface area contributed by atoms with E-state index in [1.54, 1.807) is 45.9 Å². The average molecular weight is 412 g/mol. The Morgan fingerprint density at radius 3 is 2.37 bits per heavy atom. The molecule has 2 rings (SSSR count). The molecule has 2 aromatic rings. The van der Waals surface area contributed by atoms with Gasteiger partial charge in [-0.2, -0.15) is 0 Å². The second kappa shape index (κ2) is 9.10. The molecule has 0 unspecified atom stereocenters. The number of nitrogens with one attached hydrogen (secondary N) is 1. The molecule has 0 aliphatic heterocycles. The highest BCUT2D eigenvalue weighted by atomic mass is 16.5. The van der Waals surface area contributed by atoms with Crippen molar-refractivity contribution in [1.82, 2.24) is 10.4 Å². The Hall–Kier alpha value is -3.17. The Labute approximate surface area is 175 Å². The molecule has 0 saturated heterocycles. The molecule has 0 radical (unpaired) electrons. The number of carbonyl (C=O) groups excluding carboxylic acids is 3. The average Bonchev–Trinajstić information content (AvgIpc) is 2.70. The highest BCUT2D eigenvalue weighted by Gasteiger charge is 2.31. The summed E-state index contributed by atoms with van der Waals surface area (Å²) in [6.07, 6.45) is 0.436. The summed E-state index contributed by atoms with van der Waals surface area (Å²) in [4.78, 5) is 37.4. The summed E-state index contributed by atoms with van der Waals surface area (Å²) in [6.45, 7) is 6.98. The van der Waals surface area contributed by atoms with Crippen molar-refractivity contribution in [2.24, 2.45) is 0 Å². The third-order valence-electron chi connectivity index (χ3n) is 4.57. The van der Waals surface area contributed by atoms with Crippen molar-refractivity contribution in [1.29, 1.82) is 0 Å². The zero-order valence-corrected chi connectivity index (χ0v) is 17.6. The summed E-state index contributed by atoms with van der Waals surface area (Å²) in [7, 11) is -0.337. The van der Waals surface area contributed by atoms with Crippen molar-refractivity contribution in [3.8, 4) is 5.75 Å². The largest absolute Gasteiger partial charge is 0.496 e. The molecule has 30 heavy (non-hydrogen) atoms. The third-order valence-corrected chi connectivity index (χ3v) is 4.57. The van der Waals surface area contributed by atoms with Gasteiger partial charge < -0.3 is 14.8 Å². The van der Waals surface area contributed by atoms with Crippen molar-refractivity contribution in [2.45, 2.75) is 33.2 Å². The molecule has 0 aliphatic rings. The predicted octanol–water partition coefficient (Wildman–Crippen LogP) is 1.08. The number of rotatable bonds is 5. The van der Waals surface area contributed by atoms with Gasteiger partial charge in [-0.15, -0.1) is 0 Å². The van der Waals surface area contributed by atoms with E-state index in [9.17, 15) is 24.4 Å². The van der Waals surface area contributed by atoms with Crippen LogP contribution in [0.4, 0.5) is 0 Å². The fraction of sp³-hybridized carbons (Fsp3) is 0.286. The molecular weight excluding hydrogens is 387 g/mol. The van der Waals surface area contributed by atoms with Gasteiger partial charge >= 0.3 is 7.12 Å². The van der Waals surface area contributed by atoms with E-state index in [-0.39, 0.29) is 16.6 Å². The van der Waals surface area contributed by atoms with E-state index in [1.807, 2.05) is 0 Å². The lowest BCUT2D eigenvalue weighted by Gasteiger charge is -2.35. The van der Waals surface area contributed by atoms with Gasteiger partial charge in [-0.3, -0.25) is 19.8 Å². The van der Waals surface area contributed by atoms with Crippen LogP contribution in [0.1, 0.15) is 57.4 Å². The molecule has 0 aliphatic carbocycles. The van der Waals surface area contributed by atoms with Crippen LogP contribution in [-0.4, -0.2) is 52.9 Å². The van der Waals surface area contributed by atoms with E-state index in [2.05, 4.69) is 5.43 Å². The summed E-state index contributed by atoms with van der Waals surface area (Å²) < 4.78 is 5.25. The smallest absolute Gasteiger partial charge is 0.489 e. The molecule has 0 spiro atoms. The molecule has 0 atom stereocenters. The first-order valence-corrected chi connectivity index (χ1v) is 9.25. The lowest BCUT2D eigenvalue weighted by atomic mass is 9.76. The summed E-state index contributed by atoms with van der Waals surface area (Å²) in [5.74, 6) is -0.503. The molecule has 0 fully saturated rings. The number of ether oxygens (including phenoxy) is 1. The summed E-state index contributed by atoms with van der Waals surface area (Å²) >= 11 is 0. The SMILES string of the molecule is COc1cccc(C(=O)NN(C(=O)c2ccc(B(O)O)c(C=O)c2)C(C)(C)C)c1C. The molecular formula is C21H25BN2O6. The summed E-state index contributed by atoms with van der Waals surface area (Å²) in [5, 5.41) is 19.9. The number of methoxy groups -OCH3 is 1. The Balaban J connectivity index is 2.41. The first kappa shape index (κ1) is 23.1. The zero-order valence-electron chi connectivity index (χ0n) is 17.6. The molecule has 2 aromatic carbocycles. The zero-order chi connectivity index (χ0) is 22.6. The van der Waals surface area contributed by atoms with Gasteiger partial charge in [-0.1, -0.05) is 12.1 Å². The van der Waals surface area contributed by atoms with E-state index >= 15 is 0 Å². The van der Waals surface area contributed by atoms with Crippen LogP contribution < -0.4 is 15.6 Å². The minimum Gasteiger partial charge on any atom is -0.496 e. The Bertz CT molecular complexity index is 968. The van der Waals surface area contributed by atoms with E-state index in [0.29, 0.717) is 23.2 Å². The first-order chi connectivity index (χ1) is 14.0. The van der Waals surface area contributed by atoms with Crippen LogP contribution >= 0.6 is 0 Å². The molecule has 3 N–H and O–H groups in total. The molecule has 9 heteroatoms. The van der Waals surface area contributed by atoms with Crippen LogP contribution in [0.5, 0.6) is 5.75 Å². The summed E-state index contributed by atoms with van der Waals surface area (Å²) in [6, 6.07) is 8.95. The van der Waals surface area contributed by atoms with Gasteiger partial charge in [-0.05, 0) is 57.4 Å². The monoisotopic (exact) mass is 412 g/mol. The standard InChI is InChI=1S/C21H25BN2O6/c1-13-16(7-6-8-18(13)30-5)19(26)23-24(21(2,3)4)20(27)14-9-10-17(22(28)29)15(11-14)12-25/h6-12,28-29H,1-5H3,(H,23,26). The summed E-state index contributed by atoms with van der Waals surface area (Å²) in [5.41, 5.74) is 2.89. The number of nitrogens with zero attached hydrogens (tertiary/aromatic N) is 1. The predicted molar refractivity (Wildman–Crippen MR) is 113 cm³/mol. The van der Waals surface area contributed by atoms with Gasteiger partial charge in [0.25, 0.3) is 11.8 Å². The number of hydrogen-bond acceptors (Lipinski definition) is 6. The number of hydrazine groups is 1. The lowest BCUT2D eigenvalue weighted by molar-refractivity contribution is 0.0358. The van der Waals surface area contributed by atoms with Crippen LogP contribution in [0.25, 0.3) is 0 Å². The molecule has 8 nitrogen and oxygen atoms in total. The quantitative estimate of drug-likeness (QED) is 0.385. The van der Waals surface area contributed by atoms with E-state index < -0.39 is 24.5 Å². The molecule has 2 amide bonds. The first-order valence-electron chi connectivity index (χ1n) is 9.25. The minimum atomic E-state index is -1.84. The Morgan fingerprint density at radius 2 is 1.83 bits per heavy atom. The highest BCUT2D eigenvalue weighted by molar-refractivity contribution is 6.60.